The van der Waals surface area contributed by atoms with Crippen molar-refractivity contribution >= 4 is 17.7 Å². The minimum atomic E-state index is -0.712. The third-order valence-electron chi connectivity index (χ3n) is 3.52. The van der Waals surface area contributed by atoms with Crippen LogP contribution in [-0.2, 0) is 10.3 Å². The number of hydrogen-bond acceptors (Lipinski definition) is 5. The Labute approximate surface area is 108 Å². The molecule has 1 aliphatic carbocycles. The van der Waals surface area contributed by atoms with Crippen LogP contribution < -0.4 is 9.47 Å². The molecule has 0 unspecified atom stereocenters. The summed E-state index contributed by atoms with van der Waals surface area (Å²) in [5, 5.41) is 10.2. The molecule has 0 aromatic heterocycles. The lowest BCUT2D eigenvalue weighted by Gasteiger charge is -2.37. The number of isocyanates is 1. The van der Waals surface area contributed by atoms with E-state index in [1.54, 1.807) is 12.1 Å². The van der Waals surface area contributed by atoms with Gasteiger partial charge in [0.2, 0.25) is 12.9 Å². The lowest BCUT2D eigenvalue weighted by molar-refractivity contribution is 0.173. The summed E-state index contributed by atoms with van der Waals surface area (Å²) in [6.07, 6.45) is 3.89. The number of carbonyl (C=O) groups excluding carboxylic acids is 1. The van der Waals surface area contributed by atoms with E-state index in [-0.39, 0.29) is 17.6 Å². The van der Waals surface area contributed by atoms with E-state index in [0.29, 0.717) is 29.9 Å². The Kier molecular flexibility index (Phi) is 2.47. The zero-order chi connectivity index (χ0) is 12.8. The zero-order valence-corrected chi connectivity index (χ0v) is 10.2. The van der Waals surface area contributed by atoms with Gasteiger partial charge in [-0.3, -0.25) is 0 Å². The first-order valence-electron chi connectivity index (χ1n) is 5.58. The molecule has 6 heteroatoms. The van der Waals surface area contributed by atoms with Gasteiger partial charge in [0, 0.05) is 5.56 Å². The number of phenols is 1. The number of phenolic OH excluding ortho intramolecular Hbond substituents is 1. The number of rotatable bonds is 2. The summed E-state index contributed by atoms with van der Waals surface area (Å²) in [7, 11) is 0. The van der Waals surface area contributed by atoms with Crippen molar-refractivity contribution in [2.75, 3.05) is 6.79 Å². The first kappa shape index (κ1) is 11.4. The Morgan fingerprint density at radius 1 is 1.44 bits per heavy atom. The van der Waals surface area contributed by atoms with Gasteiger partial charge in [0.25, 0.3) is 0 Å². The summed E-state index contributed by atoms with van der Waals surface area (Å²) < 4.78 is 10.4. The van der Waals surface area contributed by atoms with Gasteiger partial charge >= 0.3 is 0 Å². The third kappa shape index (κ3) is 1.41. The molecule has 94 valence electrons. The fourth-order valence-electron chi connectivity index (χ4n) is 2.39. The number of aliphatic imine (C=N–C) groups is 1. The Balaban J connectivity index is 2.18. The smallest absolute Gasteiger partial charge is 0.235 e. The second kappa shape index (κ2) is 3.90. The number of ether oxygens (including phenoxy) is 2. The van der Waals surface area contributed by atoms with E-state index in [1.807, 2.05) is 0 Å². The average Bonchev–Trinajstić information content (AvgIpc) is 2.77. The molecule has 0 amide bonds. The first-order valence-corrected chi connectivity index (χ1v) is 5.96. The van der Waals surface area contributed by atoms with Crippen LogP contribution in [-0.4, -0.2) is 18.0 Å². The summed E-state index contributed by atoms with van der Waals surface area (Å²) in [6.45, 7) is 0.0713. The molecular weight excluding hydrogens is 258 g/mol. The molecule has 5 nitrogen and oxygen atoms in total. The second-order valence-electron chi connectivity index (χ2n) is 4.41. The highest BCUT2D eigenvalue weighted by atomic mass is 35.5. The molecule has 2 aliphatic rings. The molecule has 1 heterocycles. The van der Waals surface area contributed by atoms with Crippen molar-refractivity contribution in [2.45, 2.75) is 24.8 Å². The van der Waals surface area contributed by atoms with Crippen LogP contribution >= 0.6 is 11.6 Å². The molecular formula is C12H10ClNO4. The van der Waals surface area contributed by atoms with Crippen LogP contribution in [0.25, 0.3) is 0 Å². The molecule has 18 heavy (non-hydrogen) atoms. The van der Waals surface area contributed by atoms with Gasteiger partial charge in [0.1, 0.15) is 16.3 Å². The van der Waals surface area contributed by atoms with Crippen LogP contribution in [0.3, 0.4) is 0 Å². The fourth-order valence-corrected chi connectivity index (χ4v) is 2.64. The minimum Gasteiger partial charge on any atom is -0.506 e. The van der Waals surface area contributed by atoms with Gasteiger partial charge in [-0.25, -0.2) is 4.79 Å². The molecule has 1 saturated carbocycles. The van der Waals surface area contributed by atoms with Crippen molar-refractivity contribution in [3.63, 3.8) is 0 Å². The van der Waals surface area contributed by atoms with Crippen LogP contribution in [0.1, 0.15) is 24.8 Å². The number of benzene rings is 1. The van der Waals surface area contributed by atoms with Crippen LogP contribution in [0.15, 0.2) is 11.1 Å². The maximum Gasteiger partial charge on any atom is 0.235 e. The zero-order valence-electron chi connectivity index (χ0n) is 9.40. The Bertz CT molecular complexity index is 562. The summed E-state index contributed by atoms with van der Waals surface area (Å²) in [6, 6.07) is 1.64. The Hall–Kier alpha value is -1.71. The maximum atomic E-state index is 10.6. The molecule has 1 fully saturated rings. The van der Waals surface area contributed by atoms with Crippen LogP contribution in [0.2, 0.25) is 5.02 Å². The van der Waals surface area contributed by atoms with Crippen molar-refractivity contribution in [3.8, 4) is 17.2 Å². The van der Waals surface area contributed by atoms with E-state index >= 15 is 0 Å². The van der Waals surface area contributed by atoms with Gasteiger partial charge in [-0.1, -0.05) is 11.6 Å². The Morgan fingerprint density at radius 3 is 2.83 bits per heavy atom. The van der Waals surface area contributed by atoms with Crippen LogP contribution in [0.5, 0.6) is 17.2 Å². The van der Waals surface area contributed by atoms with Crippen molar-refractivity contribution in [1.29, 1.82) is 0 Å². The topological polar surface area (TPSA) is 68.1 Å². The first-order chi connectivity index (χ1) is 8.68. The van der Waals surface area contributed by atoms with Gasteiger partial charge in [-0.15, -0.1) is 0 Å². The lowest BCUT2D eigenvalue weighted by atomic mass is 9.72. The quantitative estimate of drug-likeness (QED) is 0.660. The van der Waals surface area contributed by atoms with Crippen molar-refractivity contribution in [1.82, 2.24) is 0 Å². The molecule has 0 bridgehead atoms. The Morgan fingerprint density at radius 2 is 2.22 bits per heavy atom. The van der Waals surface area contributed by atoms with Gasteiger partial charge in [-0.2, -0.15) is 4.99 Å². The number of nitrogens with zero attached hydrogens (tertiary/aromatic N) is 1. The van der Waals surface area contributed by atoms with E-state index < -0.39 is 5.54 Å². The van der Waals surface area contributed by atoms with Crippen LogP contribution in [0, 0.1) is 0 Å². The fraction of sp³-hybridized carbons (Fsp3) is 0.417. The highest BCUT2D eigenvalue weighted by molar-refractivity contribution is 6.34. The van der Waals surface area contributed by atoms with Gasteiger partial charge < -0.3 is 14.6 Å². The van der Waals surface area contributed by atoms with E-state index in [2.05, 4.69) is 4.99 Å². The average molecular weight is 268 g/mol. The monoisotopic (exact) mass is 267 g/mol. The van der Waals surface area contributed by atoms with E-state index in [9.17, 15) is 9.90 Å². The standard InChI is InChI=1S/C12H10ClNO4/c13-9-10(16)7(4-8-11(9)18-6-17-8)12(14-5-15)2-1-3-12/h4,16H,1-3,6H2. The normalized spacial score (nSPS) is 18.9. The van der Waals surface area contributed by atoms with Crippen molar-refractivity contribution in [2.24, 2.45) is 4.99 Å². The number of aromatic hydroxyl groups is 1. The van der Waals surface area contributed by atoms with Gasteiger partial charge in [0.15, 0.2) is 11.5 Å². The molecule has 1 N–H and O–H groups in total. The van der Waals surface area contributed by atoms with Gasteiger partial charge in [-0.05, 0) is 25.3 Å². The molecule has 0 spiro atoms. The van der Waals surface area contributed by atoms with Crippen LogP contribution in [0.4, 0.5) is 0 Å². The van der Waals surface area contributed by atoms with E-state index in [1.165, 1.54) is 0 Å². The summed E-state index contributed by atoms with van der Waals surface area (Å²) in [4.78, 5) is 14.4. The molecule has 1 aliphatic heterocycles. The summed E-state index contributed by atoms with van der Waals surface area (Å²) in [5.74, 6) is 0.710. The molecule has 1 aromatic carbocycles. The molecule has 0 atom stereocenters. The lowest BCUT2D eigenvalue weighted by Crippen LogP contribution is -2.32. The number of hydrogen-bond donors (Lipinski definition) is 1. The highest BCUT2D eigenvalue weighted by Gasteiger charge is 2.43. The van der Waals surface area contributed by atoms with E-state index in [4.69, 9.17) is 21.1 Å². The predicted octanol–water partition coefficient (Wildman–Crippen LogP) is 2.49. The highest BCUT2D eigenvalue weighted by Crippen LogP contribution is 2.54. The minimum absolute atomic E-state index is 0.0713. The molecule has 0 radical (unpaired) electrons. The molecule has 1 aromatic rings. The predicted molar refractivity (Wildman–Crippen MR) is 62.9 cm³/mol. The SMILES string of the molecule is O=C=NC1(c2cc3c(c(Cl)c2O)OCO3)CCC1. The third-order valence-corrected chi connectivity index (χ3v) is 3.87. The largest absolute Gasteiger partial charge is 0.506 e. The number of fused-ring (bicyclic) bond motifs is 1. The molecule has 0 saturated heterocycles. The van der Waals surface area contributed by atoms with E-state index in [0.717, 1.165) is 6.42 Å². The molecule has 3 rings (SSSR count). The number of halogens is 1. The maximum absolute atomic E-state index is 10.6. The second-order valence-corrected chi connectivity index (χ2v) is 4.79. The summed E-state index contributed by atoms with van der Waals surface area (Å²) >= 11 is 6.04. The van der Waals surface area contributed by atoms with Crippen molar-refractivity contribution in [3.05, 3.63) is 16.7 Å². The summed E-state index contributed by atoms with van der Waals surface area (Å²) in [5.41, 5.74) is -0.206. The van der Waals surface area contributed by atoms with Crippen molar-refractivity contribution < 1.29 is 19.4 Å². The van der Waals surface area contributed by atoms with Gasteiger partial charge in [0.05, 0.1) is 0 Å².